The van der Waals surface area contributed by atoms with E-state index in [-0.39, 0.29) is 18.1 Å². The number of para-hydroxylation sites is 1. The van der Waals surface area contributed by atoms with Gasteiger partial charge in [0.05, 0.1) is 18.0 Å². The maximum atomic E-state index is 12.6. The molecule has 1 aliphatic heterocycles. The van der Waals surface area contributed by atoms with Crippen molar-refractivity contribution in [2.75, 3.05) is 20.3 Å². The standard InChI is InChI=1S/C22H23N3O4/c1-28-19-6-3-2-5-15(19)10-11-23-21(26)14-29-16-8-9-18-17(13-16)22(27)25-12-4-7-20(25)24-18/h2-3,5-6,8-9,13H,4,7,10-12,14H2,1H3,(H,23,26). The Balaban J connectivity index is 1.34. The van der Waals surface area contributed by atoms with E-state index < -0.39 is 0 Å². The van der Waals surface area contributed by atoms with Gasteiger partial charge in [-0.3, -0.25) is 14.2 Å². The van der Waals surface area contributed by atoms with Gasteiger partial charge >= 0.3 is 0 Å². The number of ether oxygens (including phenoxy) is 2. The number of aromatic nitrogens is 2. The zero-order valence-corrected chi connectivity index (χ0v) is 16.3. The first-order valence-electron chi connectivity index (χ1n) is 9.70. The molecule has 2 heterocycles. The fourth-order valence-corrected chi connectivity index (χ4v) is 3.60. The Morgan fingerprint density at radius 1 is 1.24 bits per heavy atom. The molecule has 7 heteroatoms. The molecule has 0 aliphatic carbocycles. The van der Waals surface area contributed by atoms with Gasteiger partial charge in [-0.1, -0.05) is 18.2 Å². The van der Waals surface area contributed by atoms with Crippen molar-refractivity contribution in [3.63, 3.8) is 0 Å². The van der Waals surface area contributed by atoms with Crippen molar-refractivity contribution in [1.82, 2.24) is 14.9 Å². The van der Waals surface area contributed by atoms with Gasteiger partial charge in [0.1, 0.15) is 17.3 Å². The van der Waals surface area contributed by atoms with Crippen LogP contribution in [-0.4, -0.2) is 35.7 Å². The van der Waals surface area contributed by atoms with Crippen LogP contribution in [0, 0.1) is 0 Å². The van der Waals surface area contributed by atoms with E-state index in [1.165, 1.54) is 0 Å². The number of nitrogens with zero attached hydrogens (tertiary/aromatic N) is 2. The Hall–Kier alpha value is -3.35. The van der Waals surface area contributed by atoms with Crippen LogP contribution in [0.25, 0.3) is 10.9 Å². The summed E-state index contributed by atoms with van der Waals surface area (Å²) in [6.45, 7) is 1.08. The molecule has 0 radical (unpaired) electrons. The van der Waals surface area contributed by atoms with Crippen molar-refractivity contribution in [3.05, 3.63) is 64.2 Å². The second-order valence-electron chi connectivity index (χ2n) is 6.97. The highest BCUT2D eigenvalue weighted by molar-refractivity contribution is 5.80. The number of hydrogen-bond acceptors (Lipinski definition) is 5. The third-order valence-corrected chi connectivity index (χ3v) is 5.07. The lowest BCUT2D eigenvalue weighted by Crippen LogP contribution is -2.30. The van der Waals surface area contributed by atoms with Gasteiger partial charge in [-0.2, -0.15) is 0 Å². The van der Waals surface area contributed by atoms with E-state index in [4.69, 9.17) is 9.47 Å². The normalized spacial score (nSPS) is 12.6. The molecule has 1 aliphatic rings. The number of hydrogen-bond donors (Lipinski definition) is 1. The van der Waals surface area contributed by atoms with Crippen molar-refractivity contribution in [3.8, 4) is 11.5 Å². The minimum Gasteiger partial charge on any atom is -0.496 e. The van der Waals surface area contributed by atoms with E-state index in [9.17, 15) is 9.59 Å². The lowest BCUT2D eigenvalue weighted by molar-refractivity contribution is -0.123. The van der Waals surface area contributed by atoms with Crippen LogP contribution in [0.3, 0.4) is 0 Å². The monoisotopic (exact) mass is 393 g/mol. The van der Waals surface area contributed by atoms with Gasteiger partial charge in [0.25, 0.3) is 11.5 Å². The van der Waals surface area contributed by atoms with E-state index in [0.29, 0.717) is 36.2 Å². The molecule has 2 aromatic carbocycles. The van der Waals surface area contributed by atoms with Gasteiger partial charge in [0.2, 0.25) is 0 Å². The number of aryl methyl sites for hydroxylation is 1. The van der Waals surface area contributed by atoms with Crippen LogP contribution < -0.4 is 20.3 Å². The Bertz CT molecular complexity index is 1110. The van der Waals surface area contributed by atoms with Gasteiger partial charge in [-0.25, -0.2) is 4.98 Å². The van der Waals surface area contributed by atoms with E-state index >= 15 is 0 Å². The zero-order chi connectivity index (χ0) is 20.2. The number of nitrogens with one attached hydrogen (secondary N) is 1. The number of benzene rings is 2. The fourth-order valence-electron chi connectivity index (χ4n) is 3.60. The number of fused-ring (bicyclic) bond motifs is 2. The molecule has 0 saturated heterocycles. The van der Waals surface area contributed by atoms with Crippen molar-refractivity contribution >= 4 is 16.8 Å². The third-order valence-electron chi connectivity index (χ3n) is 5.07. The van der Waals surface area contributed by atoms with Crippen LogP contribution in [0.15, 0.2) is 47.3 Å². The highest BCUT2D eigenvalue weighted by Crippen LogP contribution is 2.20. The molecule has 0 unspecified atom stereocenters. The first-order chi connectivity index (χ1) is 14.2. The van der Waals surface area contributed by atoms with Crippen molar-refractivity contribution in [2.45, 2.75) is 25.8 Å². The molecule has 0 atom stereocenters. The van der Waals surface area contributed by atoms with Crippen molar-refractivity contribution in [1.29, 1.82) is 0 Å². The topological polar surface area (TPSA) is 82.4 Å². The molecule has 150 valence electrons. The molecule has 0 saturated carbocycles. The lowest BCUT2D eigenvalue weighted by atomic mass is 10.1. The van der Waals surface area contributed by atoms with Gasteiger partial charge in [-0.05, 0) is 42.7 Å². The second kappa shape index (κ2) is 8.34. The Kier molecular flexibility index (Phi) is 5.46. The summed E-state index contributed by atoms with van der Waals surface area (Å²) >= 11 is 0. The van der Waals surface area contributed by atoms with Crippen LogP contribution in [0.2, 0.25) is 0 Å². The SMILES string of the molecule is COc1ccccc1CCNC(=O)COc1ccc2nc3n(c(=O)c2c1)CCC3. The quantitative estimate of drug-likeness (QED) is 0.665. The summed E-state index contributed by atoms with van der Waals surface area (Å²) in [6, 6.07) is 12.9. The van der Waals surface area contributed by atoms with Crippen molar-refractivity contribution in [2.24, 2.45) is 0 Å². The van der Waals surface area contributed by atoms with Gasteiger partial charge < -0.3 is 14.8 Å². The number of amides is 1. The maximum absolute atomic E-state index is 12.6. The molecule has 1 N–H and O–H groups in total. The van der Waals surface area contributed by atoms with Crippen LogP contribution in [0.1, 0.15) is 17.8 Å². The molecule has 0 bridgehead atoms. The van der Waals surface area contributed by atoms with Crippen LogP contribution in [-0.2, 0) is 24.2 Å². The van der Waals surface area contributed by atoms with Gasteiger partial charge in [0, 0.05) is 19.5 Å². The van der Waals surface area contributed by atoms with Crippen molar-refractivity contribution < 1.29 is 14.3 Å². The molecule has 0 fully saturated rings. The second-order valence-corrected chi connectivity index (χ2v) is 6.97. The van der Waals surface area contributed by atoms with E-state index in [2.05, 4.69) is 10.3 Å². The Morgan fingerprint density at radius 2 is 2.10 bits per heavy atom. The summed E-state index contributed by atoms with van der Waals surface area (Å²) in [5, 5.41) is 3.36. The Morgan fingerprint density at radius 3 is 2.97 bits per heavy atom. The fraction of sp³-hybridized carbons (Fsp3) is 0.318. The molecule has 29 heavy (non-hydrogen) atoms. The minimum absolute atomic E-state index is 0.0470. The maximum Gasteiger partial charge on any atom is 0.261 e. The average Bonchev–Trinajstić information content (AvgIpc) is 3.22. The smallest absolute Gasteiger partial charge is 0.261 e. The molecular weight excluding hydrogens is 370 g/mol. The number of rotatable bonds is 7. The molecule has 7 nitrogen and oxygen atoms in total. The molecule has 3 aromatic rings. The number of methoxy groups -OCH3 is 1. The summed E-state index contributed by atoms with van der Waals surface area (Å²) in [6.07, 6.45) is 2.44. The molecular formula is C22H23N3O4. The summed E-state index contributed by atoms with van der Waals surface area (Å²) in [7, 11) is 1.63. The zero-order valence-electron chi connectivity index (χ0n) is 16.3. The molecule has 4 rings (SSSR count). The predicted octanol–water partition coefficient (Wildman–Crippen LogP) is 2.09. The van der Waals surface area contributed by atoms with E-state index in [0.717, 1.165) is 30.0 Å². The number of carbonyl (C=O) groups excluding carboxylic acids is 1. The minimum atomic E-state index is -0.219. The summed E-state index contributed by atoms with van der Waals surface area (Å²) in [5.41, 5.74) is 1.65. The highest BCUT2D eigenvalue weighted by atomic mass is 16.5. The van der Waals surface area contributed by atoms with Gasteiger partial charge in [-0.15, -0.1) is 0 Å². The first-order valence-corrected chi connectivity index (χ1v) is 9.70. The average molecular weight is 393 g/mol. The van der Waals surface area contributed by atoms with E-state index in [1.807, 2.05) is 24.3 Å². The lowest BCUT2D eigenvalue weighted by Gasteiger charge is -2.10. The van der Waals surface area contributed by atoms with Crippen LogP contribution >= 0.6 is 0 Å². The largest absolute Gasteiger partial charge is 0.496 e. The van der Waals surface area contributed by atoms with Gasteiger partial charge in [0.15, 0.2) is 6.61 Å². The molecule has 1 aromatic heterocycles. The van der Waals surface area contributed by atoms with E-state index in [1.54, 1.807) is 29.9 Å². The Labute approximate surface area is 168 Å². The summed E-state index contributed by atoms with van der Waals surface area (Å²) in [4.78, 5) is 29.3. The summed E-state index contributed by atoms with van der Waals surface area (Å²) in [5.74, 6) is 1.91. The predicted molar refractivity (Wildman–Crippen MR) is 110 cm³/mol. The highest BCUT2D eigenvalue weighted by Gasteiger charge is 2.16. The first kappa shape index (κ1) is 19.0. The summed E-state index contributed by atoms with van der Waals surface area (Å²) < 4.78 is 12.6. The number of carbonyl (C=O) groups is 1. The van der Waals surface area contributed by atoms with Crippen LogP contribution in [0.5, 0.6) is 11.5 Å². The molecule has 1 amide bonds. The molecule has 0 spiro atoms. The third kappa shape index (κ3) is 4.08. The van der Waals surface area contributed by atoms with Crippen LogP contribution in [0.4, 0.5) is 0 Å².